The number of fused-ring (bicyclic) bond motifs is 1. The summed E-state index contributed by atoms with van der Waals surface area (Å²) in [6, 6.07) is -2.50. The van der Waals surface area contributed by atoms with Gasteiger partial charge in [-0.05, 0) is 13.5 Å². The minimum atomic E-state index is -2.48. The van der Waals surface area contributed by atoms with E-state index in [0.717, 1.165) is 0 Å². The second-order valence-corrected chi connectivity index (χ2v) is 9.72. The average molecular weight is 528 g/mol. The summed E-state index contributed by atoms with van der Waals surface area (Å²) in [6.07, 6.45) is -17.7. The summed E-state index contributed by atoms with van der Waals surface area (Å²) in [5.41, 5.74) is 11.8. The molecule has 4 fully saturated rings. The second kappa shape index (κ2) is 10.9. The van der Waals surface area contributed by atoms with Gasteiger partial charge in [-0.1, -0.05) is 0 Å². The molecule has 0 aromatic carbocycles. The van der Waals surface area contributed by atoms with Crippen molar-refractivity contribution in [3.63, 3.8) is 0 Å². The predicted molar refractivity (Wildman–Crippen MR) is 115 cm³/mol. The quantitative estimate of drug-likeness (QED) is 0.153. The molecule has 0 aromatic rings. The lowest BCUT2D eigenvalue weighted by molar-refractivity contribution is -0.439. The third-order valence-electron chi connectivity index (χ3n) is 7.42. The standard InChI is InChI=1S/C20H37N3O13/c1-23-7-2-5(21)9(26)15(10(7)27)33-19-17-16(11(28)8(4-25)32-19)35-20(36-17)18(31)13(30)12(29)14(34-20)6(22)3-24/h5-19,23-31H,2-4,21-22H2,1H3/t5-,6+,7+,8+,9-,10-,11-,12+,13-,14+,15-,16-,17-,18-,19-,20-/m0/s1. The molecule has 16 atom stereocenters. The van der Waals surface area contributed by atoms with Gasteiger partial charge < -0.3 is 81.3 Å². The van der Waals surface area contributed by atoms with E-state index < -0.39 is 111 Å². The van der Waals surface area contributed by atoms with E-state index in [1.807, 2.05) is 0 Å². The van der Waals surface area contributed by atoms with Gasteiger partial charge in [-0.15, -0.1) is 0 Å². The molecule has 1 saturated carbocycles. The maximum atomic E-state index is 10.7. The predicted octanol–water partition coefficient (Wildman–Crippen LogP) is -7.27. The fraction of sp³-hybridized carbons (Fsp3) is 1.00. The van der Waals surface area contributed by atoms with Gasteiger partial charge in [0.25, 0.3) is 0 Å². The summed E-state index contributed by atoms with van der Waals surface area (Å²) >= 11 is 0. The van der Waals surface area contributed by atoms with Crippen molar-refractivity contribution >= 4 is 0 Å². The van der Waals surface area contributed by atoms with E-state index in [9.17, 15) is 40.9 Å². The first-order valence-electron chi connectivity index (χ1n) is 11.8. The number of rotatable bonds is 6. The number of aliphatic hydroxyl groups excluding tert-OH is 8. The minimum absolute atomic E-state index is 0.254. The van der Waals surface area contributed by atoms with Crippen molar-refractivity contribution in [1.82, 2.24) is 5.32 Å². The molecule has 4 aliphatic rings. The number of ether oxygens (including phenoxy) is 5. The first kappa shape index (κ1) is 28.4. The monoisotopic (exact) mass is 527 g/mol. The number of likely N-dealkylation sites (N-methyl/N-ethyl adjacent to an activating group) is 1. The molecule has 0 bridgehead atoms. The summed E-state index contributed by atoms with van der Waals surface area (Å²) in [5, 5.41) is 85.6. The smallest absolute Gasteiger partial charge is 0.314 e. The van der Waals surface area contributed by atoms with Crippen LogP contribution in [0.4, 0.5) is 0 Å². The Morgan fingerprint density at radius 1 is 0.944 bits per heavy atom. The lowest BCUT2D eigenvalue weighted by Gasteiger charge is -2.46. The largest absolute Gasteiger partial charge is 0.395 e. The number of aliphatic hydroxyl groups is 8. The molecule has 16 heteroatoms. The van der Waals surface area contributed by atoms with E-state index >= 15 is 0 Å². The molecule has 4 rings (SSSR count). The van der Waals surface area contributed by atoms with E-state index in [0.29, 0.717) is 0 Å². The molecule has 1 aliphatic carbocycles. The van der Waals surface area contributed by atoms with E-state index in [2.05, 4.69) is 5.32 Å². The Hall–Kier alpha value is -0.640. The van der Waals surface area contributed by atoms with Gasteiger partial charge in [-0.25, -0.2) is 0 Å². The lowest BCUT2D eigenvalue weighted by Crippen LogP contribution is -2.69. The van der Waals surface area contributed by atoms with Crippen LogP contribution in [-0.2, 0) is 23.7 Å². The Labute approximate surface area is 206 Å². The van der Waals surface area contributed by atoms with E-state index in [1.165, 1.54) is 0 Å². The summed E-state index contributed by atoms with van der Waals surface area (Å²) in [5.74, 6) is -2.48. The van der Waals surface area contributed by atoms with Crippen LogP contribution in [0.15, 0.2) is 0 Å². The highest BCUT2D eigenvalue weighted by Crippen LogP contribution is 2.45. The van der Waals surface area contributed by atoms with Gasteiger partial charge in [0.1, 0.15) is 48.8 Å². The average Bonchev–Trinajstić information content (AvgIpc) is 3.27. The summed E-state index contributed by atoms with van der Waals surface area (Å²) < 4.78 is 28.7. The van der Waals surface area contributed by atoms with Gasteiger partial charge in [0.15, 0.2) is 12.4 Å². The van der Waals surface area contributed by atoms with Crippen molar-refractivity contribution in [1.29, 1.82) is 0 Å². The fourth-order valence-electron chi connectivity index (χ4n) is 5.23. The Morgan fingerprint density at radius 3 is 2.22 bits per heavy atom. The molecule has 13 N–H and O–H groups in total. The molecule has 210 valence electrons. The summed E-state index contributed by atoms with van der Waals surface area (Å²) in [4.78, 5) is 0. The highest BCUT2D eigenvalue weighted by atomic mass is 16.9. The van der Waals surface area contributed by atoms with Crippen LogP contribution in [0.2, 0.25) is 0 Å². The van der Waals surface area contributed by atoms with Crippen LogP contribution < -0.4 is 16.8 Å². The molecule has 0 unspecified atom stereocenters. The molecule has 3 saturated heterocycles. The molecule has 0 radical (unpaired) electrons. The maximum Gasteiger partial charge on any atom is 0.314 e. The van der Waals surface area contributed by atoms with Gasteiger partial charge >= 0.3 is 5.97 Å². The molecule has 3 aliphatic heterocycles. The van der Waals surface area contributed by atoms with Crippen molar-refractivity contribution in [2.45, 2.75) is 104 Å². The molecule has 3 heterocycles. The minimum Gasteiger partial charge on any atom is -0.395 e. The highest BCUT2D eigenvalue weighted by molar-refractivity contribution is 5.05. The second-order valence-electron chi connectivity index (χ2n) is 9.72. The van der Waals surface area contributed by atoms with E-state index in [1.54, 1.807) is 7.05 Å². The Morgan fingerprint density at radius 2 is 1.61 bits per heavy atom. The Bertz CT molecular complexity index is 756. The Balaban J connectivity index is 1.62. The van der Waals surface area contributed by atoms with Crippen LogP contribution >= 0.6 is 0 Å². The van der Waals surface area contributed by atoms with Gasteiger partial charge in [-0.2, -0.15) is 0 Å². The molecular formula is C20H37N3O13. The Kier molecular flexibility index (Phi) is 8.55. The zero-order valence-corrected chi connectivity index (χ0v) is 19.6. The van der Waals surface area contributed by atoms with Crippen LogP contribution in [0, 0.1) is 0 Å². The number of nitrogens with one attached hydrogen (secondary N) is 1. The molecule has 0 aromatic heterocycles. The van der Waals surface area contributed by atoms with Crippen molar-refractivity contribution < 1.29 is 64.5 Å². The van der Waals surface area contributed by atoms with Gasteiger partial charge in [0.2, 0.25) is 0 Å². The number of nitrogens with two attached hydrogens (primary N) is 2. The highest BCUT2D eigenvalue weighted by Gasteiger charge is 2.67. The van der Waals surface area contributed by atoms with Crippen LogP contribution in [0.3, 0.4) is 0 Å². The number of hydrogen-bond acceptors (Lipinski definition) is 16. The van der Waals surface area contributed by atoms with E-state index in [-0.39, 0.29) is 6.42 Å². The van der Waals surface area contributed by atoms with Crippen LogP contribution in [-0.4, -0.2) is 159 Å². The SMILES string of the molecule is CN[C@@H]1C[C@H](N)[C@H](O)[C@H](O[C@@H]2O[C@H](CO)[C@H](O)[C@@H]3O[C@@]4(O[C@H]23)O[C@H]([C@H](N)CO)[C@H](O)[C@H](O)[C@@H]4O)[C@H]1O. The van der Waals surface area contributed by atoms with Crippen molar-refractivity contribution in [3.05, 3.63) is 0 Å². The fourth-order valence-corrected chi connectivity index (χ4v) is 5.23. The van der Waals surface area contributed by atoms with Crippen molar-refractivity contribution in [2.75, 3.05) is 20.3 Å². The van der Waals surface area contributed by atoms with Gasteiger partial charge in [0, 0.05) is 12.1 Å². The lowest BCUT2D eigenvalue weighted by atomic mass is 9.84. The molecule has 16 nitrogen and oxygen atoms in total. The zero-order valence-electron chi connectivity index (χ0n) is 19.6. The topological polar surface area (TPSA) is 272 Å². The summed E-state index contributed by atoms with van der Waals surface area (Å²) in [6.45, 7) is -1.33. The molecule has 0 amide bonds. The first-order chi connectivity index (χ1) is 17.0. The van der Waals surface area contributed by atoms with Gasteiger partial charge in [0.05, 0.1) is 31.5 Å². The molecular weight excluding hydrogens is 490 g/mol. The number of hydrogen-bond donors (Lipinski definition) is 11. The molecule has 1 spiro atoms. The van der Waals surface area contributed by atoms with Crippen LogP contribution in [0.1, 0.15) is 6.42 Å². The van der Waals surface area contributed by atoms with Gasteiger partial charge in [-0.3, -0.25) is 0 Å². The van der Waals surface area contributed by atoms with Crippen molar-refractivity contribution in [3.8, 4) is 0 Å². The van der Waals surface area contributed by atoms with E-state index in [4.69, 9.17) is 35.2 Å². The van der Waals surface area contributed by atoms with Crippen molar-refractivity contribution in [2.24, 2.45) is 11.5 Å². The molecule has 36 heavy (non-hydrogen) atoms. The maximum absolute atomic E-state index is 10.7. The third-order valence-corrected chi connectivity index (χ3v) is 7.42. The van der Waals surface area contributed by atoms with Crippen LogP contribution in [0.25, 0.3) is 0 Å². The normalized spacial score (nSPS) is 54.4. The first-order valence-corrected chi connectivity index (χ1v) is 11.8. The third kappa shape index (κ3) is 4.68. The van der Waals surface area contributed by atoms with Crippen LogP contribution in [0.5, 0.6) is 0 Å². The zero-order chi connectivity index (χ0) is 26.5. The summed E-state index contributed by atoms with van der Waals surface area (Å²) in [7, 11) is 1.60.